The zero-order chi connectivity index (χ0) is 27.0. The number of carboxylic acid groups (broad SMARTS) is 1. The predicted molar refractivity (Wildman–Crippen MR) is 157 cm³/mol. The fourth-order valence-electron chi connectivity index (χ4n) is 7.18. The van der Waals surface area contributed by atoms with E-state index in [1.54, 1.807) is 12.1 Å². The minimum Gasteiger partial charge on any atom is -0.493 e. The number of carbonyl (C=O) groups is 1. The van der Waals surface area contributed by atoms with Gasteiger partial charge >= 0.3 is 5.97 Å². The van der Waals surface area contributed by atoms with E-state index in [0.717, 1.165) is 60.1 Å². The van der Waals surface area contributed by atoms with Crippen molar-refractivity contribution in [1.82, 2.24) is 4.98 Å². The second-order valence-electron chi connectivity index (χ2n) is 11.4. The highest BCUT2D eigenvalue weighted by Gasteiger charge is 2.53. The lowest BCUT2D eigenvalue weighted by Crippen LogP contribution is -2.53. The summed E-state index contributed by atoms with van der Waals surface area (Å²) in [6, 6.07) is 24.4. The second kappa shape index (κ2) is 10.3. The number of benzene rings is 3. The molecule has 1 atom stereocenters. The van der Waals surface area contributed by atoms with Crippen LogP contribution >= 0.6 is 11.6 Å². The van der Waals surface area contributed by atoms with Gasteiger partial charge in [-0.2, -0.15) is 0 Å². The van der Waals surface area contributed by atoms with Gasteiger partial charge in [-0.15, -0.1) is 0 Å². The Kier molecular flexibility index (Phi) is 6.80. The zero-order valence-corrected chi connectivity index (χ0v) is 23.1. The van der Waals surface area contributed by atoms with Crippen LogP contribution in [-0.2, 0) is 16.6 Å². The molecule has 5 nitrogen and oxygen atoms in total. The second-order valence-corrected chi connectivity index (χ2v) is 11.8. The first-order chi connectivity index (χ1) is 18.9. The first-order valence-electron chi connectivity index (χ1n) is 14.0. The Morgan fingerprint density at radius 1 is 1.05 bits per heavy atom. The van der Waals surface area contributed by atoms with Gasteiger partial charge in [0.2, 0.25) is 0 Å². The van der Waals surface area contributed by atoms with Crippen molar-refractivity contribution in [3.05, 3.63) is 94.6 Å². The third-order valence-corrected chi connectivity index (χ3v) is 9.36. The van der Waals surface area contributed by atoms with Crippen LogP contribution in [0.1, 0.15) is 55.3 Å². The standard InChI is InChI=1S/C33H35ClN2O3/c1-22-19-27-29(35-22)12-5-13-30(27)39-18-6-8-24-20-23-7-2-3-11-28(23)32(24)14-16-33(17-15-32,31(37)38)36-26-10-4-9-25(34)21-26/h2-5,7,9-13,19,21,24,35-36H,6,8,14-18,20H2,1H3,(H,37,38)/t24-,32?,33?/m0/s1. The van der Waals surface area contributed by atoms with Crippen molar-refractivity contribution in [1.29, 1.82) is 0 Å². The molecule has 3 N–H and O–H groups in total. The summed E-state index contributed by atoms with van der Waals surface area (Å²) in [7, 11) is 0. The Bertz CT molecular complexity index is 1500. The van der Waals surface area contributed by atoms with Crippen LogP contribution in [0, 0.1) is 12.8 Å². The molecule has 0 radical (unpaired) electrons. The Labute approximate surface area is 234 Å². The molecule has 0 bridgehead atoms. The Morgan fingerprint density at radius 3 is 2.64 bits per heavy atom. The number of hydrogen-bond donors (Lipinski definition) is 3. The molecule has 0 unspecified atom stereocenters. The molecule has 0 saturated heterocycles. The van der Waals surface area contributed by atoms with Gasteiger partial charge in [0.1, 0.15) is 11.3 Å². The van der Waals surface area contributed by atoms with Gasteiger partial charge < -0.3 is 20.1 Å². The minimum absolute atomic E-state index is 0.00329. The summed E-state index contributed by atoms with van der Waals surface area (Å²) in [5, 5.41) is 15.4. The molecule has 1 fully saturated rings. The Morgan fingerprint density at radius 2 is 1.85 bits per heavy atom. The molecule has 1 saturated carbocycles. The lowest BCUT2D eigenvalue weighted by Gasteiger charge is -2.47. The van der Waals surface area contributed by atoms with E-state index in [0.29, 0.717) is 30.4 Å². The number of carboxylic acids is 1. The van der Waals surface area contributed by atoms with Crippen molar-refractivity contribution in [3.8, 4) is 5.75 Å². The maximum absolute atomic E-state index is 12.6. The van der Waals surface area contributed by atoms with Crippen LogP contribution in [0.5, 0.6) is 5.75 Å². The number of rotatable bonds is 8. The molecular formula is C33H35ClN2O3. The van der Waals surface area contributed by atoms with Gasteiger partial charge in [0, 0.05) is 27.3 Å². The third-order valence-electron chi connectivity index (χ3n) is 9.13. The minimum atomic E-state index is -0.992. The third kappa shape index (κ3) is 4.78. The Hall–Kier alpha value is -3.44. The molecule has 202 valence electrons. The number of ether oxygens (including phenoxy) is 1. The van der Waals surface area contributed by atoms with E-state index < -0.39 is 11.5 Å². The summed E-state index contributed by atoms with van der Waals surface area (Å²) in [5.41, 5.74) is 4.84. The van der Waals surface area contributed by atoms with Gasteiger partial charge in [-0.3, -0.25) is 0 Å². The maximum Gasteiger partial charge on any atom is 0.329 e. The molecule has 6 rings (SSSR count). The van der Waals surface area contributed by atoms with E-state index >= 15 is 0 Å². The van der Waals surface area contributed by atoms with Crippen molar-refractivity contribution in [3.63, 3.8) is 0 Å². The smallest absolute Gasteiger partial charge is 0.329 e. The summed E-state index contributed by atoms with van der Waals surface area (Å²) in [4.78, 5) is 16.0. The van der Waals surface area contributed by atoms with Crippen molar-refractivity contribution in [2.24, 2.45) is 5.92 Å². The number of aliphatic carboxylic acids is 1. The van der Waals surface area contributed by atoms with Crippen molar-refractivity contribution in [2.75, 3.05) is 11.9 Å². The highest BCUT2D eigenvalue weighted by molar-refractivity contribution is 6.30. The zero-order valence-electron chi connectivity index (χ0n) is 22.3. The van der Waals surface area contributed by atoms with E-state index in [2.05, 4.69) is 53.6 Å². The molecule has 6 heteroatoms. The summed E-state index contributed by atoms with van der Waals surface area (Å²) >= 11 is 6.19. The van der Waals surface area contributed by atoms with Gasteiger partial charge in [-0.25, -0.2) is 4.79 Å². The quantitative estimate of drug-likeness (QED) is 0.198. The first kappa shape index (κ1) is 25.8. The normalized spacial score (nSPS) is 24.1. The largest absolute Gasteiger partial charge is 0.493 e. The number of anilines is 1. The van der Waals surface area contributed by atoms with Crippen molar-refractivity contribution >= 4 is 34.2 Å². The maximum atomic E-state index is 12.6. The van der Waals surface area contributed by atoms with Crippen LogP contribution in [-0.4, -0.2) is 28.2 Å². The predicted octanol–water partition coefficient (Wildman–Crippen LogP) is 7.91. The highest BCUT2D eigenvalue weighted by Crippen LogP contribution is 2.55. The monoisotopic (exact) mass is 542 g/mol. The topological polar surface area (TPSA) is 74.3 Å². The number of nitrogens with one attached hydrogen (secondary N) is 2. The molecule has 1 aromatic heterocycles. The lowest BCUT2D eigenvalue weighted by atomic mass is 9.60. The number of hydrogen-bond acceptors (Lipinski definition) is 3. The van der Waals surface area contributed by atoms with Crippen molar-refractivity contribution < 1.29 is 14.6 Å². The highest BCUT2D eigenvalue weighted by atomic mass is 35.5. The average Bonchev–Trinajstić information content (AvgIpc) is 3.45. The Balaban J connectivity index is 1.17. The van der Waals surface area contributed by atoms with E-state index in [1.807, 2.05) is 24.3 Å². The fourth-order valence-corrected chi connectivity index (χ4v) is 7.37. The number of H-pyrrole nitrogens is 1. The number of aromatic amines is 1. The van der Waals surface area contributed by atoms with Crippen LogP contribution in [0.15, 0.2) is 72.8 Å². The molecular weight excluding hydrogens is 508 g/mol. The SMILES string of the molecule is Cc1cc2c(OCCC[C@H]3Cc4ccccc4C34CCC(Nc3cccc(Cl)c3)(C(=O)O)CC4)cccc2[nH]1. The van der Waals surface area contributed by atoms with Gasteiger partial charge in [0.15, 0.2) is 0 Å². The first-order valence-corrected chi connectivity index (χ1v) is 14.3. The van der Waals surface area contributed by atoms with Crippen LogP contribution in [0.25, 0.3) is 10.9 Å². The van der Waals surface area contributed by atoms with Gasteiger partial charge in [0.25, 0.3) is 0 Å². The summed E-state index contributed by atoms with van der Waals surface area (Å²) < 4.78 is 6.27. The van der Waals surface area contributed by atoms with Gasteiger partial charge in [0.05, 0.1) is 6.61 Å². The van der Waals surface area contributed by atoms with Crippen LogP contribution in [0.3, 0.4) is 0 Å². The number of aromatic nitrogens is 1. The van der Waals surface area contributed by atoms with Gasteiger partial charge in [-0.1, -0.05) is 48.0 Å². The molecule has 4 aromatic rings. The van der Waals surface area contributed by atoms with Crippen LogP contribution in [0.4, 0.5) is 5.69 Å². The number of halogens is 1. The van der Waals surface area contributed by atoms with Gasteiger partial charge in [-0.05, 0) is 111 Å². The molecule has 3 aromatic carbocycles. The molecule has 0 aliphatic heterocycles. The molecule has 0 amide bonds. The molecule has 39 heavy (non-hydrogen) atoms. The molecule has 2 aliphatic carbocycles. The van der Waals surface area contributed by atoms with Crippen LogP contribution in [0.2, 0.25) is 5.02 Å². The van der Waals surface area contributed by atoms with E-state index in [-0.39, 0.29) is 5.41 Å². The summed E-state index contributed by atoms with van der Waals surface area (Å²) in [6.45, 7) is 2.73. The molecule has 2 aliphatic rings. The van der Waals surface area contributed by atoms with E-state index in [9.17, 15) is 9.90 Å². The molecule has 1 heterocycles. The summed E-state index contributed by atoms with van der Waals surface area (Å²) in [6.07, 6.45) is 5.90. The van der Waals surface area contributed by atoms with Crippen molar-refractivity contribution in [2.45, 2.75) is 62.8 Å². The molecule has 1 spiro atoms. The van der Waals surface area contributed by atoms with Crippen LogP contribution < -0.4 is 10.1 Å². The van der Waals surface area contributed by atoms with E-state index in [4.69, 9.17) is 16.3 Å². The average molecular weight is 543 g/mol. The fraction of sp³-hybridized carbons (Fsp3) is 0.364. The number of fused-ring (bicyclic) bond motifs is 3. The van der Waals surface area contributed by atoms with E-state index in [1.165, 1.54) is 11.1 Å². The summed E-state index contributed by atoms with van der Waals surface area (Å²) in [5.74, 6) is 0.613. The number of aryl methyl sites for hydroxylation is 1. The lowest BCUT2D eigenvalue weighted by molar-refractivity contribution is -0.144.